The van der Waals surface area contributed by atoms with Gasteiger partial charge in [-0.1, -0.05) is 5.16 Å². The molecule has 2 aliphatic heterocycles. The average molecular weight is 516 g/mol. The Morgan fingerprint density at radius 2 is 2.23 bits per heavy atom. The first kappa shape index (κ1) is 24.3. The number of carboxylic acid groups (broad SMARTS) is 1. The van der Waals surface area contributed by atoms with Gasteiger partial charge in [-0.05, 0) is 24.6 Å². The standard InChI is InChI=1S/C21H21N7O5S2/c1-3-33-25-13(16-24-21(22)35-26-16)17(29)23-14-18(30)28-15(20(31)32)11(10-34-19(14)28)7-8-12-6-4-5-9-27(12)2/h4-9,14,19H,3,10H2,1-2H3,(H3-,22,23,24,26,29,31,32)/t14?,19-/m1/s1. The third-order valence-electron chi connectivity index (χ3n) is 5.18. The van der Waals surface area contributed by atoms with Crippen LogP contribution < -0.4 is 20.7 Å². The van der Waals surface area contributed by atoms with Gasteiger partial charge in [0.1, 0.15) is 25.1 Å². The Morgan fingerprint density at radius 3 is 2.89 bits per heavy atom. The normalized spacial score (nSPS) is 20.0. The zero-order valence-electron chi connectivity index (χ0n) is 18.7. The van der Waals surface area contributed by atoms with Gasteiger partial charge in [0.05, 0.1) is 11.7 Å². The molecule has 14 heteroatoms. The first-order chi connectivity index (χ1) is 16.8. The predicted molar refractivity (Wildman–Crippen MR) is 126 cm³/mol. The second-order valence-corrected chi connectivity index (χ2v) is 9.29. The van der Waals surface area contributed by atoms with Crippen LogP contribution in [0.2, 0.25) is 0 Å². The van der Waals surface area contributed by atoms with Crippen molar-refractivity contribution >= 4 is 58.0 Å². The topological polar surface area (TPSA) is 167 Å². The molecule has 3 N–H and O–H groups in total. The minimum atomic E-state index is -1.47. The van der Waals surface area contributed by atoms with E-state index in [9.17, 15) is 19.5 Å². The SMILES string of the molecule is CCON=C(C(=O)NC1C(=O)N2C(C(=O)[O-])=C(C=Cc3cccc[n+]3C)CS[C@H]12)c1nsc(N)n1. The molecule has 2 amide bonds. The van der Waals surface area contributed by atoms with Crippen LogP contribution in [-0.2, 0) is 26.3 Å². The van der Waals surface area contributed by atoms with Gasteiger partial charge in [-0.3, -0.25) is 14.5 Å². The quantitative estimate of drug-likeness (QED) is 0.190. The summed E-state index contributed by atoms with van der Waals surface area (Å²) in [5, 5.41) is 17.8. The molecule has 1 unspecified atom stereocenters. The molecule has 12 nitrogen and oxygen atoms in total. The number of fused-ring (bicyclic) bond motifs is 1. The van der Waals surface area contributed by atoms with Crippen LogP contribution in [0.1, 0.15) is 18.4 Å². The highest BCUT2D eigenvalue weighted by Crippen LogP contribution is 2.40. The maximum atomic E-state index is 12.9. The van der Waals surface area contributed by atoms with Crippen molar-refractivity contribution in [3.8, 4) is 0 Å². The third kappa shape index (κ3) is 4.88. The van der Waals surface area contributed by atoms with E-state index in [2.05, 4.69) is 19.8 Å². The number of allylic oxidation sites excluding steroid dienone is 1. The molecule has 1 fully saturated rings. The van der Waals surface area contributed by atoms with Crippen molar-refractivity contribution in [1.82, 2.24) is 19.6 Å². The molecule has 182 valence electrons. The summed E-state index contributed by atoms with van der Waals surface area (Å²) in [6.07, 6.45) is 5.30. The summed E-state index contributed by atoms with van der Waals surface area (Å²) in [5.41, 5.74) is 6.44. The highest BCUT2D eigenvalue weighted by Gasteiger charge is 2.53. The molecule has 0 aliphatic carbocycles. The summed E-state index contributed by atoms with van der Waals surface area (Å²) in [4.78, 5) is 47.8. The lowest BCUT2D eigenvalue weighted by molar-refractivity contribution is -0.673. The Balaban J connectivity index is 1.54. The Morgan fingerprint density at radius 1 is 1.43 bits per heavy atom. The van der Waals surface area contributed by atoms with Crippen LogP contribution >= 0.6 is 23.3 Å². The Bertz CT molecular complexity index is 1270. The molecule has 2 aromatic heterocycles. The fourth-order valence-corrected chi connectivity index (χ4v) is 5.26. The number of amides is 2. The molecule has 35 heavy (non-hydrogen) atoms. The number of carbonyl (C=O) groups is 3. The van der Waals surface area contributed by atoms with Gasteiger partial charge in [-0.15, -0.1) is 11.8 Å². The van der Waals surface area contributed by atoms with Gasteiger partial charge in [0.25, 0.3) is 11.8 Å². The van der Waals surface area contributed by atoms with E-state index in [1.165, 1.54) is 11.8 Å². The van der Waals surface area contributed by atoms with Gasteiger partial charge in [0, 0.05) is 35.5 Å². The number of pyridine rings is 1. The first-order valence-electron chi connectivity index (χ1n) is 10.4. The molecule has 0 saturated carbocycles. The van der Waals surface area contributed by atoms with E-state index < -0.39 is 29.2 Å². The van der Waals surface area contributed by atoms with Crippen molar-refractivity contribution in [2.24, 2.45) is 12.2 Å². The van der Waals surface area contributed by atoms with Gasteiger partial charge in [-0.2, -0.15) is 9.36 Å². The van der Waals surface area contributed by atoms with Crippen LogP contribution in [0.5, 0.6) is 0 Å². The number of β-lactam (4-membered cyclic amide) rings is 1. The number of anilines is 1. The minimum Gasteiger partial charge on any atom is -0.543 e. The summed E-state index contributed by atoms with van der Waals surface area (Å²) in [6.45, 7) is 1.88. The maximum Gasteiger partial charge on any atom is 0.278 e. The summed E-state index contributed by atoms with van der Waals surface area (Å²) in [7, 11) is 1.87. The number of nitrogens with two attached hydrogens (primary N) is 1. The van der Waals surface area contributed by atoms with Crippen molar-refractivity contribution in [2.45, 2.75) is 18.3 Å². The summed E-state index contributed by atoms with van der Waals surface area (Å²) >= 11 is 2.21. The molecular formula is C21H21N7O5S2. The second-order valence-electron chi connectivity index (χ2n) is 7.41. The number of aromatic nitrogens is 3. The fourth-order valence-electron chi connectivity index (χ4n) is 3.51. The van der Waals surface area contributed by atoms with E-state index in [1.807, 2.05) is 36.0 Å². The van der Waals surface area contributed by atoms with E-state index in [0.29, 0.717) is 11.3 Å². The third-order valence-corrected chi connectivity index (χ3v) is 7.03. The summed E-state index contributed by atoms with van der Waals surface area (Å²) < 4.78 is 5.85. The van der Waals surface area contributed by atoms with E-state index in [1.54, 1.807) is 19.1 Å². The molecule has 4 heterocycles. The highest BCUT2D eigenvalue weighted by molar-refractivity contribution is 8.00. The number of carbonyl (C=O) groups excluding carboxylic acids is 3. The maximum absolute atomic E-state index is 12.9. The van der Waals surface area contributed by atoms with Crippen molar-refractivity contribution in [3.05, 3.63) is 53.3 Å². The van der Waals surface area contributed by atoms with Gasteiger partial charge in [0.15, 0.2) is 11.3 Å². The van der Waals surface area contributed by atoms with E-state index in [0.717, 1.165) is 22.1 Å². The Kier molecular flexibility index (Phi) is 7.12. The molecule has 0 spiro atoms. The van der Waals surface area contributed by atoms with Crippen LogP contribution in [0.15, 0.2) is 46.9 Å². The lowest BCUT2D eigenvalue weighted by atomic mass is 10.0. The number of rotatable bonds is 8. The molecule has 2 aliphatic rings. The lowest BCUT2D eigenvalue weighted by Gasteiger charge is -2.50. The van der Waals surface area contributed by atoms with Crippen LogP contribution in [0.4, 0.5) is 5.13 Å². The highest BCUT2D eigenvalue weighted by atomic mass is 32.2. The van der Waals surface area contributed by atoms with Crippen LogP contribution in [0.25, 0.3) is 6.08 Å². The second kappa shape index (κ2) is 10.2. The number of hydrogen-bond donors (Lipinski definition) is 2. The molecule has 1 saturated heterocycles. The number of aliphatic carboxylic acids is 1. The molecule has 0 radical (unpaired) electrons. The number of nitrogen functional groups attached to an aromatic ring is 1. The fraction of sp³-hybridized carbons (Fsp3) is 0.286. The number of carboxylic acids is 1. The average Bonchev–Trinajstić information content (AvgIpc) is 3.27. The number of hydrogen-bond acceptors (Lipinski definition) is 11. The lowest BCUT2D eigenvalue weighted by Crippen LogP contribution is -2.71. The zero-order valence-corrected chi connectivity index (χ0v) is 20.3. The van der Waals surface area contributed by atoms with Gasteiger partial charge >= 0.3 is 0 Å². The van der Waals surface area contributed by atoms with Crippen LogP contribution in [0, 0.1) is 0 Å². The van der Waals surface area contributed by atoms with E-state index in [4.69, 9.17) is 10.6 Å². The molecule has 4 rings (SSSR count). The molecule has 2 atom stereocenters. The molecule has 0 aromatic carbocycles. The number of aryl methyl sites for hydroxylation is 1. The van der Waals surface area contributed by atoms with Crippen LogP contribution in [-0.4, -0.2) is 61.5 Å². The van der Waals surface area contributed by atoms with Gasteiger partial charge in [0.2, 0.25) is 17.2 Å². The van der Waals surface area contributed by atoms with E-state index in [-0.39, 0.29) is 29.0 Å². The molecular weight excluding hydrogens is 494 g/mol. The number of thioether (sulfide) groups is 1. The van der Waals surface area contributed by atoms with Crippen molar-refractivity contribution in [2.75, 3.05) is 18.1 Å². The van der Waals surface area contributed by atoms with Crippen molar-refractivity contribution < 1.29 is 28.9 Å². The van der Waals surface area contributed by atoms with Crippen molar-refractivity contribution in [3.63, 3.8) is 0 Å². The monoisotopic (exact) mass is 515 g/mol. The summed E-state index contributed by atoms with van der Waals surface area (Å²) in [6, 6.07) is 4.65. The zero-order chi connectivity index (χ0) is 25.1. The number of nitrogens with zero attached hydrogens (tertiary/aromatic N) is 5. The minimum absolute atomic E-state index is 0.0322. The van der Waals surface area contributed by atoms with Crippen molar-refractivity contribution in [1.29, 1.82) is 0 Å². The van der Waals surface area contributed by atoms with E-state index >= 15 is 0 Å². The van der Waals surface area contributed by atoms with Gasteiger partial charge in [-0.25, -0.2) is 4.57 Å². The molecule has 0 bridgehead atoms. The smallest absolute Gasteiger partial charge is 0.278 e. The molecule has 2 aromatic rings. The van der Waals surface area contributed by atoms with Gasteiger partial charge < -0.3 is 25.8 Å². The Hall–Kier alpha value is -3.78. The Labute approximate surface area is 208 Å². The summed E-state index contributed by atoms with van der Waals surface area (Å²) in [5.74, 6) is -2.51. The number of nitrogens with one attached hydrogen (secondary N) is 1. The largest absolute Gasteiger partial charge is 0.543 e. The predicted octanol–water partition coefficient (Wildman–Crippen LogP) is -1.20. The first-order valence-corrected chi connectivity index (χ1v) is 12.3. The van der Waals surface area contributed by atoms with Crippen LogP contribution in [0.3, 0.4) is 0 Å². The number of oxime groups is 1.